The Balaban J connectivity index is 1.46. The molecule has 0 aromatic heterocycles. The van der Waals surface area contributed by atoms with Crippen molar-refractivity contribution in [3.05, 3.63) is 53.1 Å². The average Bonchev–Trinajstić information content (AvgIpc) is 3.35. The monoisotopic (exact) mass is 472 g/mol. The molecule has 8 nitrogen and oxygen atoms in total. The number of hydrogen-bond donors (Lipinski definition) is 1. The Bertz CT molecular complexity index is 1040. The first-order valence-corrected chi connectivity index (χ1v) is 11.2. The summed E-state index contributed by atoms with van der Waals surface area (Å²) in [7, 11) is 0. The highest BCUT2D eigenvalue weighted by molar-refractivity contribution is 6.30. The third-order valence-electron chi connectivity index (χ3n) is 5.64. The smallest absolute Gasteiger partial charge is 0.265 e. The van der Waals surface area contributed by atoms with Crippen LogP contribution in [0.2, 0.25) is 5.02 Å². The number of fused-ring (bicyclic) bond motifs is 1. The van der Waals surface area contributed by atoms with Crippen LogP contribution in [0.25, 0.3) is 0 Å². The van der Waals surface area contributed by atoms with Gasteiger partial charge in [-0.2, -0.15) is 0 Å². The summed E-state index contributed by atoms with van der Waals surface area (Å²) in [6.07, 6.45) is 1.88. The molecule has 0 bridgehead atoms. The molecule has 2 amide bonds. The number of hydrogen-bond acceptors (Lipinski definition) is 6. The minimum absolute atomic E-state index is 0.00121. The van der Waals surface area contributed by atoms with Crippen molar-refractivity contribution in [3.8, 4) is 11.5 Å². The molecule has 2 aromatic carbocycles. The fraction of sp³-hybridized carbons (Fsp3) is 0.375. The number of nitrogens with one attached hydrogen (secondary N) is 1. The molecular formula is C24H25ClN2O6. The zero-order valence-electron chi connectivity index (χ0n) is 18.2. The summed E-state index contributed by atoms with van der Waals surface area (Å²) in [4.78, 5) is 39.5. The van der Waals surface area contributed by atoms with Gasteiger partial charge in [0.2, 0.25) is 5.91 Å². The van der Waals surface area contributed by atoms with Gasteiger partial charge in [0, 0.05) is 23.7 Å². The lowest BCUT2D eigenvalue weighted by Crippen LogP contribution is -2.52. The predicted octanol–water partition coefficient (Wildman–Crippen LogP) is 3.01. The molecule has 9 heteroatoms. The van der Waals surface area contributed by atoms with Crippen molar-refractivity contribution < 1.29 is 28.6 Å². The Morgan fingerprint density at radius 2 is 2.03 bits per heavy atom. The van der Waals surface area contributed by atoms with Gasteiger partial charge in [0.05, 0.1) is 11.8 Å². The van der Waals surface area contributed by atoms with Crippen LogP contribution in [0.5, 0.6) is 11.5 Å². The zero-order valence-corrected chi connectivity index (χ0v) is 19.0. The van der Waals surface area contributed by atoms with Gasteiger partial charge in [-0.1, -0.05) is 11.6 Å². The summed E-state index contributed by atoms with van der Waals surface area (Å²) in [6, 6.07) is 10.7. The fourth-order valence-corrected chi connectivity index (χ4v) is 3.94. The molecule has 33 heavy (non-hydrogen) atoms. The van der Waals surface area contributed by atoms with Gasteiger partial charge in [-0.3, -0.25) is 19.3 Å². The first-order valence-electron chi connectivity index (χ1n) is 10.8. The third-order valence-corrected chi connectivity index (χ3v) is 5.89. The van der Waals surface area contributed by atoms with Crippen LogP contribution in [-0.2, 0) is 14.3 Å². The number of carbonyl (C=O) groups is 3. The molecule has 0 radical (unpaired) electrons. The second-order valence-electron chi connectivity index (χ2n) is 7.96. The molecule has 0 spiro atoms. The first kappa shape index (κ1) is 23.1. The van der Waals surface area contributed by atoms with Gasteiger partial charge in [-0.15, -0.1) is 0 Å². The van der Waals surface area contributed by atoms with E-state index in [1.807, 2.05) is 0 Å². The summed E-state index contributed by atoms with van der Waals surface area (Å²) in [6.45, 7) is 2.38. The topological polar surface area (TPSA) is 94.2 Å². The molecule has 2 heterocycles. The van der Waals surface area contributed by atoms with Gasteiger partial charge in [0.25, 0.3) is 5.91 Å². The molecule has 2 aliphatic heterocycles. The maximum absolute atomic E-state index is 12.8. The number of Topliss-reactive ketones (excluding diaryl/α,β-unsaturated/α-hetero) is 1. The molecule has 1 fully saturated rings. The Kier molecular flexibility index (Phi) is 7.15. The van der Waals surface area contributed by atoms with Crippen molar-refractivity contribution in [2.75, 3.05) is 31.3 Å². The van der Waals surface area contributed by atoms with Crippen molar-refractivity contribution in [2.24, 2.45) is 0 Å². The minimum atomic E-state index is -0.780. The van der Waals surface area contributed by atoms with E-state index >= 15 is 0 Å². The minimum Gasteiger partial charge on any atom is -0.485 e. The largest absolute Gasteiger partial charge is 0.485 e. The molecule has 2 aliphatic rings. The van der Waals surface area contributed by atoms with Gasteiger partial charge in [0.15, 0.2) is 19.0 Å². The Labute approximate surface area is 196 Å². The van der Waals surface area contributed by atoms with Crippen molar-refractivity contribution in [1.29, 1.82) is 0 Å². The van der Waals surface area contributed by atoms with Crippen molar-refractivity contribution in [3.63, 3.8) is 0 Å². The molecular weight excluding hydrogens is 448 g/mol. The maximum Gasteiger partial charge on any atom is 0.265 e. The van der Waals surface area contributed by atoms with Gasteiger partial charge in [0.1, 0.15) is 17.5 Å². The Hall–Kier alpha value is -3.10. The lowest BCUT2D eigenvalue weighted by atomic mass is 10.1. The number of ether oxygens (including phenoxy) is 3. The number of anilines is 1. The number of halogens is 1. The van der Waals surface area contributed by atoms with Crippen LogP contribution >= 0.6 is 11.6 Å². The molecule has 0 saturated carbocycles. The third kappa shape index (κ3) is 5.46. The summed E-state index contributed by atoms with van der Waals surface area (Å²) >= 11 is 5.86. The summed E-state index contributed by atoms with van der Waals surface area (Å²) < 4.78 is 16.6. The molecule has 174 valence electrons. The van der Waals surface area contributed by atoms with Gasteiger partial charge >= 0.3 is 0 Å². The van der Waals surface area contributed by atoms with E-state index in [4.69, 9.17) is 25.8 Å². The van der Waals surface area contributed by atoms with Crippen LogP contribution in [0.3, 0.4) is 0 Å². The predicted molar refractivity (Wildman–Crippen MR) is 122 cm³/mol. The van der Waals surface area contributed by atoms with Crippen LogP contribution in [0.15, 0.2) is 42.5 Å². The number of nitrogens with zero attached hydrogens (tertiary/aromatic N) is 1. The highest BCUT2D eigenvalue weighted by Crippen LogP contribution is 2.34. The van der Waals surface area contributed by atoms with Crippen LogP contribution in [0, 0.1) is 0 Å². The first-order chi connectivity index (χ1) is 15.9. The van der Waals surface area contributed by atoms with Gasteiger partial charge in [-0.25, -0.2) is 0 Å². The molecule has 0 aliphatic carbocycles. The summed E-state index contributed by atoms with van der Waals surface area (Å²) in [5.41, 5.74) is 0.723. The van der Waals surface area contributed by atoms with Crippen molar-refractivity contribution in [2.45, 2.75) is 31.9 Å². The van der Waals surface area contributed by atoms with Gasteiger partial charge < -0.3 is 19.5 Å². The lowest BCUT2D eigenvalue weighted by Gasteiger charge is -2.33. The van der Waals surface area contributed by atoms with E-state index in [1.165, 1.54) is 4.90 Å². The SMILES string of the molecule is CC(C(=O)NCC1CCCO1)N1C(=O)COc2ccc(C(=O)COc3ccc(Cl)cc3)cc21. The molecule has 4 rings (SSSR count). The molecule has 2 aromatic rings. The number of carbonyl (C=O) groups excluding carboxylic acids is 3. The molecule has 1 N–H and O–H groups in total. The number of benzene rings is 2. The highest BCUT2D eigenvalue weighted by Gasteiger charge is 2.34. The van der Waals surface area contributed by atoms with E-state index in [9.17, 15) is 14.4 Å². The molecule has 2 unspecified atom stereocenters. The lowest BCUT2D eigenvalue weighted by molar-refractivity contribution is -0.127. The van der Waals surface area contributed by atoms with E-state index in [0.717, 1.165) is 12.8 Å². The number of ketones is 1. The highest BCUT2D eigenvalue weighted by atomic mass is 35.5. The number of amides is 2. The Morgan fingerprint density at radius 1 is 1.24 bits per heavy atom. The van der Waals surface area contributed by atoms with E-state index in [-0.39, 0.29) is 36.9 Å². The average molecular weight is 473 g/mol. The standard InChI is InChI=1S/C24H25ClN2O6/c1-15(24(30)26-12-19-3-2-10-31-19)27-20-11-16(4-9-22(20)33-14-23(27)29)21(28)13-32-18-7-5-17(25)6-8-18/h4-9,11,15,19H,2-3,10,12-14H2,1H3,(H,26,30). The van der Waals surface area contributed by atoms with Crippen LogP contribution < -0.4 is 19.7 Å². The van der Waals surface area contributed by atoms with E-state index in [2.05, 4.69) is 5.32 Å². The molecule has 1 saturated heterocycles. The fourth-order valence-electron chi connectivity index (χ4n) is 3.82. The van der Waals surface area contributed by atoms with Crippen molar-refractivity contribution >= 4 is 34.9 Å². The van der Waals surface area contributed by atoms with Crippen molar-refractivity contribution in [1.82, 2.24) is 5.32 Å². The van der Waals surface area contributed by atoms with E-state index in [0.29, 0.717) is 40.9 Å². The number of rotatable bonds is 8. The molecule has 2 atom stereocenters. The van der Waals surface area contributed by atoms with Gasteiger partial charge in [-0.05, 0) is 62.2 Å². The van der Waals surface area contributed by atoms with Crippen LogP contribution in [-0.4, -0.2) is 56.1 Å². The second-order valence-corrected chi connectivity index (χ2v) is 8.39. The van der Waals surface area contributed by atoms with Crippen LogP contribution in [0.4, 0.5) is 5.69 Å². The Morgan fingerprint density at radius 3 is 2.76 bits per heavy atom. The van der Waals surface area contributed by atoms with E-state index < -0.39 is 6.04 Å². The van der Waals surface area contributed by atoms with E-state index in [1.54, 1.807) is 49.4 Å². The normalized spacial score (nSPS) is 18.3. The zero-order chi connectivity index (χ0) is 23.4. The summed E-state index contributed by atoms with van der Waals surface area (Å²) in [5.74, 6) is 0.0194. The maximum atomic E-state index is 12.8. The quantitative estimate of drug-likeness (QED) is 0.593. The second kappa shape index (κ2) is 10.2. The van der Waals surface area contributed by atoms with Crippen LogP contribution in [0.1, 0.15) is 30.1 Å². The summed E-state index contributed by atoms with van der Waals surface area (Å²) in [5, 5.41) is 3.43.